The number of benzene rings is 3. The van der Waals surface area contributed by atoms with Crippen LogP contribution in [0.2, 0.25) is 0 Å². The second-order valence-electron chi connectivity index (χ2n) is 6.34. The van der Waals surface area contributed by atoms with Crippen molar-refractivity contribution in [1.82, 2.24) is 0 Å². The Bertz CT molecular complexity index is 1180. The van der Waals surface area contributed by atoms with Crippen LogP contribution in [0.25, 0.3) is 39.1 Å². The molecule has 2 aromatic carbocycles. The SMILES string of the molecule is N=c1cc2oc3cc(N)c4ccccc4c3cc-2c2c1CCC=C2. The molecule has 0 bridgehead atoms. The summed E-state index contributed by atoms with van der Waals surface area (Å²) >= 11 is 0. The molecule has 1 aliphatic heterocycles. The fourth-order valence-electron chi connectivity index (χ4n) is 3.75. The zero-order valence-electron chi connectivity index (χ0n) is 13.1. The van der Waals surface area contributed by atoms with Crippen molar-refractivity contribution in [3.8, 4) is 11.3 Å². The van der Waals surface area contributed by atoms with Gasteiger partial charge in [-0.05, 0) is 35.4 Å². The largest absolute Gasteiger partial charge is 0.456 e. The molecule has 5 rings (SSSR count). The third-order valence-electron chi connectivity index (χ3n) is 4.92. The molecule has 3 heteroatoms. The van der Waals surface area contributed by atoms with Gasteiger partial charge >= 0.3 is 0 Å². The molecule has 3 N–H and O–H groups in total. The van der Waals surface area contributed by atoms with Gasteiger partial charge in [0.05, 0.1) is 5.36 Å². The van der Waals surface area contributed by atoms with Crippen LogP contribution in [0.1, 0.15) is 17.5 Å². The third-order valence-corrected chi connectivity index (χ3v) is 4.92. The Labute approximate surface area is 138 Å². The van der Waals surface area contributed by atoms with Gasteiger partial charge in [-0.15, -0.1) is 0 Å². The van der Waals surface area contributed by atoms with Crippen LogP contribution in [0.15, 0.2) is 53.0 Å². The minimum Gasteiger partial charge on any atom is -0.456 e. The summed E-state index contributed by atoms with van der Waals surface area (Å²) in [6.45, 7) is 0. The minimum atomic E-state index is 0.554. The van der Waals surface area contributed by atoms with Crippen molar-refractivity contribution in [2.75, 3.05) is 5.73 Å². The number of nitrogen functional groups attached to an aromatic ring is 1. The van der Waals surface area contributed by atoms with Crippen molar-refractivity contribution >= 4 is 33.5 Å². The average molecular weight is 312 g/mol. The first-order valence-corrected chi connectivity index (χ1v) is 8.14. The van der Waals surface area contributed by atoms with E-state index in [0.717, 1.165) is 57.0 Å². The summed E-state index contributed by atoms with van der Waals surface area (Å²) in [6.07, 6.45) is 6.21. The minimum absolute atomic E-state index is 0.554. The highest BCUT2D eigenvalue weighted by Crippen LogP contribution is 2.38. The van der Waals surface area contributed by atoms with E-state index in [1.807, 2.05) is 30.3 Å². The van der Waals surface area contributed by atoms with Gasteiger partial charge in [-0.3, -0.25) is 0 Å². The van der Waals surface area contributed by atoms with E-state index in [1.54, 1.807) is 0 Å². The zero-order valence-corrected chi connectivity index (χ0v) is 13.1. The van der Waals surface area contributed by atoms with Crippen LogP contribution in [0.5, 0.6) is 0 Å². The molecule has 0 saturated carbocycles. The lowest BCUT2D eigenvalue weighted by Crippen LogP contribution is -2.14. The summed E-state index contributed by atoms with van der Waals surface area (Å²) in [6, 6.07) is 14.0. The van der Waals surface area contributed by atoms with Crippen LogP contribution in [-0.2, 0) is 6.42 Å². The van der Waals surface area contributed by atoms with Crippen LogP contribution in [0, 0.1) is 5.41 Å². The van der Waals surface area contributed by atoms with Crippen molar-refractivity contribution < 1.29 is 4.42 Å². The summed E-state index contributed by atoms with van der Waals surface area (Å²) in [7, 11) is 0. The second kappa shape index (κ2) is 4.71. The van der Waals surface area contributed by atoms with Gasteiger partial charge in [0.1, 0.15) is 11.3 Å². The highest BCUT2D eigenvalue weighted by Gasteiger charge is 2.18. The van der Waals surface area contributed by atoms with Crippen molar-refractivity contribution in [2.24, 2.45) is 0 Å². The van der Waals surface area contributed by atoms with Crippen molar-refractivity contribution in [1.29, 1.82) is 5.41 Å². The summed E-state index contributed by atoms with van der Waals surface area (Å²) in [5.41, 5.74) is 11.0. The van der Waals surface area contributed by atoms with Gasteiger partial charge in [-0.1, -0.05) is 36.4 Å². The Hall–Kier alpha value is -3.07. The maximum atomic E-state index is 8.29. The van der Waals surface area contributed by atoms with Crippen molar-refractivity contribution in [2.45, 2.75) is 12.8 Å². The molecule has 24 heavy (non-hydrogen) atoms. The summed E-state index contributed by atoms with van der Waals surface area (Å²) in [5.74, 6) is 0.743. The van der Waals surface area contributed by atoms with E-state index in [9.17, 15) is 0 Å². The van der Waals surface area contributed by atoms with Crippen molar-refractivity contribution in [3.05, 3.63) is 65.0 Å². The lowest BCUT2D eigenvalue weighted by Gasteiger charge is -2.18. The van der Waals surface area contributed by atoms with Gasteiger partial charge in [0, 0.05) is 34.2 Å². The zero-order chi connectivity index (χ0) is 16.3. The summed E-state index contributed by atoms with van der Waals surface area (Å²) < 4.78 is 6.15. The molecular weight excluding hydrogens is 296 g/mol. The van der Waals surface area contributed by atoms with Crippen LogP contribution in [0.4, 0.5) is 5.69 Å². The predicted molar refractivity (Wildman–Crippen MR) is 98.0 cm³/mol. The smallest absolute Gasteiger partial charge is 0.137 e. The van der Waals surface area contributed by atoms with E-state index in [2.05, 4.69) is 24.3 Å². The molecule has 3 aliphatic rings. The lowest BCUT2D eigenvalue weighted by molar-refractivity contribution is 0.618. The Balaban J connectivity index is 2.01. The maximum absolute atomic E-state index is 8.29. The summed E-state index contributed by atoms with van der Waals surface area (Å²) in [5, 5.41) is 12.1. The fourth-order valence-corrected chi connectivity index (χ4v) is 3.75. The quantitative estimate of drug-likeness (QED) is 0.280. The van der Waals surface area contributed by atoms with E-state index in [-0.39, 0.29) is 0 Å². The molecule has 2 aromatic rings. The number of allylic oxidation sites excluding steroid dienone is 1. The number of nitrogens with one attached hydrogen (secondary N) is 1. The number of hydrogen-bond donors (Lipinski definition) is 2. The normalized spacial score (nSPS) is 13.7. The molecule has 0 spiro atoms. The van der Waals surface area contributed by atoms with Gasteiger partial charge in [-0.25, -0.2) is 0 Å². The second-order valence-corrected chi connectivity index (χ2v) is 6.34. The highest BCUT2D eigenvalue weighted by atomic mass is 16.3. The van der Waals surface area contributed by atoms with Crippen molar-refractivity contribution in [3.63, 3.8) is 0 Å². The Kier molecular flexibility index (Phi) is 2.63. The molecule has 2 aliphatic carbocycles. The highest BCUT2D eigenvalue weighted by molar-refractivity contribution is 6.12. The fraction of sp³-hybridized carbons (Fsp3) is 0.0952. The monoisotopic (exact) mass is 312 g/mol. The molecule has 3 nitrogen and oxygen atoms in total. The van der Waals surface area contributed by atoms with Crippen LogP contribution in [0.3, 0.4) is 0 Å². The van der Waals surface area contributed by atoms with Gasteiger partial charge in [-0.2, -0.15) is 0 Å². The van der Waals surface area contributed by atoms with Crippen LogP contribution >= 0.6 is 0 Å². The Morgan fingerprint density at radius 2 is 1.83 bits per heavy atom. The first-order chi connectivity index (χ1) is 11.7. The van der Waals surface area contributed by atoms with Gasteiger partial charge < -0.3 is 15.6 Å². The number of anilines is 1. The van der Waals surface area contributed by atoms with Gasteiger partial charge in [0.2, 0.25) is 0 Å². The lowest BCUT2D eigenvalue weighted by atomic mass is 9.89. The van der Waals surface area contributed by atoms with Gasteiger partial charge in [0.15, 0.2) is 0 Å². The topological polar surface area (TPSA) is 63.0 Å². The number of hydrogen-bond acceptors (Lipinski definition) is 3. The molecule has 0 aromatic heterocycles. The molecule has 0 unspecified atom stereocenters. The number of rotatable bonds is 0. The first kappa shape index (κ1) is 13.4. The molecular formula is C21H16N2O. The molecule has 1 heterocycles. The van der Waals surface area contributed by atoms with Gasteiger partial charge in [0.25, 0.3) is 0 Å². The third kappa shape index (κ3) is 1.75. The molecule has 0 radical (unpaired) electrons. The molecule has 116 valence electrons. The summed E-state index contributed by atoms with van der Waals surface area (Å²) in [4.78, 5) is 0. The van der Waals surface area contributed by atoms with E-state index in [4.69, 9.17) is 15.6 Å². The maximum Gasteiger partial charge on any atom is 0.137 e. The first-order valence-electron chi connectivity index (χ1n) is 8.14. The average Bonchev–Trinajstić information content (AvgIpc) is 2.61. The molecule has 0 amide bonds. The van der Waals surface area contributed by atoms with Crippen LogP contribution in [-0.4, -0.2) is 0 Å². The Morgan fingerprint density at radius 1 is 1.00 bits per heavy atom. The number of fused-ring (bicyclic) bond motifs is 6. The Morgan fingerprint density at radius 3 is 2.71 bits per heavy atom. The molecule has 0 fully saturated rings. The van der Waals surface area contributed by atoms with Crippen LogP contribution < -0.4 is 11.1 Å². The van der Waals surface area contributed by atoms with E-state index in [0.29, 0.717) is 11.0 Å². The predicted octanol–water partition coefficient (Wildman–Crippen LogP) is 4.71. The van der Waals surface area contributed by atoms with E-state index >= 15 is 0 Å². The van der Waals surface area contributed by atoms with E-state index in [1.165, 1.54) is 0 Å². The standard InChI is InChI=1S/C21H16N2O/c22-18-10-20-16(12-5-1-3-7-14(12)18)9-17-13-6-2-4-8-15(13)19(23)11-21(17)24-20/h1-3,5-7,9-11,23H,4,8,22H2. The van der Waals surface area contributed by atoms with E-state index < -0.39 is 0 Å². The molecule has 0 saturated heterocycles. The number of nitrogens with two attached hydrogens (primary N) is 1. The molecule has 0 atom stereocenters.